The Hall–Kier alpha value is -2.30. The summed E-state index contributed by atoms with van der Waals surface area (Å²) in [6.45, 7) is 5.52. The highest BCUT2D eigenvalue weighted by Crippen LogP contribution is 2.21. The first-order valence-corrected chi connectivity index (χ1v) is 7.12. The van der Waals surface area contributed by atoms with E-state index in [0.717, 1.165) is 49.1 Å². The van der Waals surface area contributed by atoms with Crippen LogP contribution in [0.1, 0.15) is 5.69 Å². The zero-order valence-electron chi connectivity index (χ0n) is 12.1. The fraction of sp³-hybridized carbons (Fsp3) is 0.312. The molecule has 0 unspecified atom stereocenters. The third kappa shape index (κ3) is 2.91. The monoisotopic (exact) mass is 286 g/mol. The van der Waals surface area contributed by atoms with Crippen molar-refractivity contribution in [2.45, 2.75) is 6.92 Å². The molecule has 1 aromatic heterocycles. The molecule has 3 rings (SSSR count). The Labute approximate surface area is 124 Å². The summed E-state index contributed by atoms with van der Waals surface area (Å²) < 4.78 is 13.0. The number of nitrogen functional groups attached to an aromatic ring is 1. The number of aromatic nitrogens is 1. The lowest BCUT2D eigenvalue weighted by atomic mass is 10.2. The predicted octanol–water partition coefficient (Wildman–Crippen LogP) is 2.44. The Morgan fingerprint density at radius 2 is 1.57 bits per heavy atom. The van der Waals surface area contributed by atoms with Crippen LogP contribution in [-0.2, 0) is 0 Å². The number of pyridine rings is 1. The van der Waals surface area contributed by atoms with Gasteiger partial charge in [0.05, 0.1) is 11.4 Å². The second-order valence-electron chi connectivity index (χ2n) is 5.29. The lowest BCUT2D eigenvalue weighted by molar-refractivity contribution is 0.624. The maximum atomic E-state index is 13.0. The van der Waals surface area contributed by atoms with Crippen LogP contribution in [0, 0.1) is 12.7 Å². The minimum absolute atomic E-state index is 0.195. The van der Waals surface area contributed by atoms with Crippen LogP contribution in [0.15, 0.2) is 36.4 Å². The molecule has 2 N–H and O–H groups in total. The zero-order valence-corrected chi connectivity index (χ0v) is 12.1. The number of nitrogens with zero attached hydrogens (tertiary/aromatic N) is 3. The fourth-order valence-electron chi connectivity index (χ4n) is 2.58. The van der Waals surface area contributed by atoms with E-state index in [1.807, 2.05) is 31.2 Å². The van der Waals surface area contributed by atoms with E-state index >= 15 is 0 Å². The molecule has 0 radical (unpaired) electrons. The maximum Gasteiger partial charge on any atom is 0.129 e. The summed E-state index contributed by atoms with van der Waals surface area (Å²) in [5.41, 5.74) is 8.47. The highest BCUT2D eigenvalue weighted by atomic mass is 19.1. The van der Waals surface area contributed by atoms with Crippen molar-refractivity contribution in [1.29, 1.82) is 0 Å². The van der Waals surface area contributed by atoms with Crippen molar-refractivity contribution >= 4 is 17.2 Å². The van der Waals surface area contributed by atoms with Crippen molar-refractivity contribution in [2.24, 2.45) is 0 Å². The molecule has 1 aliphatic heterocycles. The topological polar surface area (TPSA) is 45.4 Å². The van der Waals surface area contributed by atoms with Gasteiger partial charge in [-0.2, -0.15) is 0 Å². The van der Waals surface area contributed by atoms with Gasteiger partial charge in [0, 0.05) is 31.9 Å². The molecule has 0 atom stereocenters. The lowest BCUT2D eigenvalue weighted by Crippen LogP contribution is -2.46. The van der Waals surface area contributed by atoms with E-state index in [9.17, 15) is 4.39 Å². The van der Waals surface area contributed by atoms with Crippen LogP contribution in [0.3, 0.4) is 0 Å². The van der Waals surface area contributed by atoms with E-state index in [2.05, 4.69) is 14.8 Å². The Morgan fingerprint density at radius 1 is 0.952 bits per heavy atom. The van der Waals surface area contributed by atoms with Crippen molar-refractivity contribution in [1.82, 2.24) is 4.98 Å². The number of hydrogen-bond donors (Lipinski definition) is 1. The summed E-state index contributed by atoms with van der Waals surface area (Å²) in [6, 6.07) is 10.5. The summed E-state index contributed by atoms with van der Waals surface area (Å²) in [7, 11) is 0. The van der Waals surface area contributed by atoms with Crippen LogP contribution in [0.4, 0.5) is 21.6 Å². The van der Waals surface area contributed by atoms with Crippen molar-refractivity contribution < 1.29 is 4.39 Å². The molecule has 2 aromatic rings. The number of hydrogen-bond acceptors (Lipinski definition) is 4. The molecule has 21 heavy (non-hydrogen) atoms. The first-order chi connectivity index (χ1) is 10.1. The summed E-state index contributed by atoms with van der Waals surface area (Å²) in [4.78, 5) is 9.06. The van der Waals surface area contributed by atoms with Gasteiger partial charge in [-0.15, -0.1) is 0 Å². The molecule has 110 valence electrons. The minimum atomic E-state index is -0.195. The molecule has 0 aliphatic carbocycles. The largest absolute Gasteiger partial charge is 0.397 e. The third-order valence-corrected chi connectivity index (χ3v) is 3.91. The second kappa shape index (κ2) is 5.60. The standard InChI is InChI=1S/C16H19FN4/c1-12-15(18)6-7-16(19-12)21-10-8-20(9-11-21)14-4-2-13(17)3-5-14/h2-7H,8-11,18H2,1H3. The Bertz CT molecular complexity index is 619. The molecular formula is C16H19FN4. The summed E-state index contributed by atoms with van der Waals surface area (Å²) >= 11 is 0. The van der Waals surface area contributed by atoms with Gasteiger partial charge in [0.25, 0.3) is 0 Å². The second-order valence-corrected chi connectivity index (χ2v) is 5.29. The SMILES string of the molecule is Cc1nc(N2CCN(c3ccc(F)cc3)CC2)ccc1N. The van der Waals surface area contributed by atoms with Gasteiger partial charge in [-0.05, 0) is 43.3 Å². The molecule has 1 aromatic carbocycles. The highest BCUT2D eigenvalue weighted by molar-refractivity contribution is 5.53. The molecule has 0 bridgehead atoms. The van der Waals surface area contributed by atoms with Crippen LogP contribution < -0.4 is 15.5 Å². The maximum absolute atomic E-state index is 13.0. The van der Waals surface area contributed by atoms with Gasteiger partial charge in [-0.1, -0.05) is 0 Å². The fourth-order valence-corrected chi connectivity index (χ4v) is 2.58. The summed E-state index contributed by atoms with van der Waals surface area (Å²) in [5.74, 6) is 0.777. The predicted molar refractivity (Wildman–Crippen MR) is 84.2 cm³/mol. The molecule has 1 saturated heterocycles. The summed E-state index contributed by atoms with van der Waals surface area (Å²) in [6.07, 6.45) is 0. The van der Waals surface area contributed by atoms with Gasteiger partial charge in [0.2, 0.25) is 0 Å². The van der Waals surface area contributed by atoms with Gasteiger partial charge in [-0.3, -0.25) is 0 Å². The highest BCUT2D eigenvalue weighted by Gasteiger charge is 2.18. The number of rotatable bonds is 2. The van der Waals surface area contributed by atoms with Crippen LogP contribution in [0.5, 0.6) is 0 Å². The average Bonchev–Trinajstić information content (AvgIpc) is 2.51. The van der Waals surface area contributed by atoms with Crippen LogP contribution >= 0.6 is 0 Å². The van der Waals surface area contributed by atoms with E-state index in [1.165, 1.54) is 12.1 Å². The first-order valence-electron chi connectivity index (χ1n) is 7.12. The van der Waals surface area contributed by atoms with E-state index < -0.39 is 0 Å². The third-order valence-electron chi connectivity index (χ3n) is 3.91. The normalized spacial score (nSPS) is 15.3. The van der Waals surface area contributed by atoms with Gasteiger partial charge >= 0.3 is 0 Å². The minimum Gasteiger partial charge on any atom is -0.397 e. The van der Waals surface area contributed by atoms with E-state index in [1.54, 1.807) is 0 Å². The Morgan fingerprint density at radius 3 is 2.19 bits per heavy atom. The van der Waals surface area contributed by atoms with E-state index in [0.29, 0.717) is 0 Å². The number of benzene rings is 1. The van der Waals surface area contributed by atoms with Gasteiger partial charge < -0.3 is 15.5 Å². The number of nitrogens with two attached hydrogens (primary N) is 1. The molecule has 0 amide bonds. The van der Waals surface area contributed by atoms with Crippen molar-refractivity contribution in [3.63, 3.8) is 0 Å². The Balaban J connectivity index is 1.67. The molecule has 1 aliphatic rings. The van der Waals surface area contributed by atoms with Crippen LogP contribution in [0.2, 0.25) is 0 Å². The van der Waals surface area contributed by atoms with Crippen LogP contribution in [-0.4, -0.2) is 31.2 Å². The summed E-state index contributed by atoms with van der Waals surface area (Å²) in [5, 5.41) is 0. The first kappa shape index (κ1) is 13.7. The van der Waals surface area contributed by atoms with E-state index in [4.69, 9.17) is 5.73 Å². The van der Waals surface area contributed by atoms with Gasteiger partial charge in [-0.25, -0.2) is 9.37 Å². The molecule has 2 heterocycles. The number of piperazine rings is 1. The van der Waals surface area contributed by atoms with Crippen molar-refractivity contribution in [2.75, 3.05) is 41.7 Å². The number of halogens is 1. The lowest BCUT2D eigenvalue weighted by Gasteiger charge is -2.36. The molecule has 0 saturated carbocycles. The molecule has 4 nitrogen and oxygen atoms in total. The van der Waals surface area contributed by atoms with Gasteiger partial charge in [0.15, 0.2) is 0 Å². The Kier molecular flexibility index (Phi) is 3.64. The average molecular weight is 286 g/mol. The van der Waals surface area contributed by atoms with E-state index in [-0.39, 0.29) is 5.82 Å². The zero-order chi connectivity index (χ0) is 14.8. The number of aryl methyl sites for hydroxylation is 1. The molecule has 5 heteroatoms. The molecule has 0 spiro atoms. The van der Waals surface area contributed by atoms with Crippen molar-refractivity contribution in [3.05, 3.63) is 47.9 Å². The molecular weight excluding hydrogens is 267 g/mol. The molecule has 1 fully saturated rings. The van der Waals surface area contributed by atoms with Gasteiger partial charge in [0.1, 0.15) is 11.6 Å². The smallest absolute Gasteiger partial charge is 0.129 e. The quantitative estimate of drug-likeness (QED) is 0.921. The van der Waals surface area contributed by atoms with Crippen LogP contribution in [0.25, 0.3) is 0 Å². The number of anilines is 3. The van der Waals surface area contributed by atoms with Crippen molar-refractivity contribution in [3.8, 4) is 0 Å².